The summed E-state index contributed by atoms with van der Waals surface area (Å²) in [6, 6.07) is 10.8. The molecule has 1 aromatic carbocycles. The van der Waals surface area contributed by atoms with Gasteiger partial charge >= 0.3 is 5.69 Å². The zero-order valence-corrected chi connectivity index (χ0v) is 17.0. The lowest BCUT2D eigenvalue weighted by molar-refractivity contribution is -0.121. The number of hydrogen-bond donors (Lipinski definition) is 1. The number of rotatable bonds is 7. The normalized spacial score (nSPS) is 11.1. The van der Waals surface area contributed by atoms with E-state index in [-0.39, 0.29) is 36.8 Å². The Labute approximate surface area is 174 Å². The zero-order chi connectivity index (χ0) is 21.1. The zero-order valence-electron chi connectivity index (χ0n) is 16.2. The third-order valence-corrected chi connectivity index (χ3v) is 5.42. The highest BCUT2D eigenvalue weighted by atomic mass is 32.1. The Bertz CT molecular complexity index is 1300. The van der Waals surface area contributed by atoms with Crippen LogP contribution in [-0.2, 0) is 24.3 Å². The molecular formula is C19H19N7O3S. The van der Waals surface area contributed by atoms with Gasteiger partial charge in [0.1, 0.15) is 11.5 Å². The van der Waals surface area contributed by atoms with E-state index >= 15 is 0 Å². The minimum absolute atomic E-state index is 0.163. The summed E-state index contributed by atoms with van der Waals surface area (Å²) in [7, 11) is 0. The van der Waals surface area contributed by atoms with Gasteiger partial charge in [0.15, 0.2) is 0 Å². The summed E-state index contributed by atoms with van der Waals surface area (Å²) < 4.78 is 3.56. The molecule has 0 fully saturated rings. The highest BCUT2D eigenvalue weighted by Gasteiger charge is 2.13. The van der Waals surface area contributed by atoms with Crippen molar-refractivity contribution >= 4 is 28.0 Å². The molecule has 0 radical (unpaired) electrons. The van der Waals surface area contributed by atoms with Crippen molar-refractivity contribution < 1.29 is 4.79 Å². The van der Waals surface area contributed by atoms with Crippen LogP contribution in [0.5, 0.6) is 0 Å². The van der Waals surface area contributed by atoms with Crippen LogP contribution in [0.4, 0.5) is 0 Å². The second-order valence-corrected chi connectivity index (χ2v) is 7.43. The molecule has 4 rings (SSSR count). The number of hydrogen-bond acceptors (Lipinski definition) is 7. The predicted octanol–water partition coefficient (Wildman–Crippen LogP) is 0.579. The number of aromatic nitrogens is 6. The smallest absolute Gasteiger partial charge is 0.353 e. The minimum atomic E-state index is -0.383. The lowest BCUT2D eigenvalue weighted by atomic mass is 10.1. The van der Waals surface area contributed by atoms with Gasteiger partial charge in [-0.15, -0.1) is 11.3 Å². The van der Waals surface area contributed by atoms with Gasteiger partial charge in [-0.3, -0.25) is 9.59 Å². The predicted molar refractivity (Wildman–Crippen MR) is 112 cm³/mol. The molecule has 30 heavy (non-hydrogen) atoms. The first kappa shape index (κ1) is 19.7. The van der Waals surface area contributed by atoms with Crippen LogP contribution in [0, 0.1) is 0 Å². The SMILES string of the molecule is CCc1nn(CC(=O)NCCn2nnn(-c3cccs3)c2=O)c(=O)c2ccccc12. The molecule has 154 valence electrons. The molecule has 1 amide bonds. The molecule has 0 spiro atoms. The maximum Gasteiger partial charge on any atom is 0.369 e. The second-order valence-electron chi connectivity index (χ2n) is 6.51. The molecule has 3 heterocycles. The largest absolute Gasteiger partial charge is 0.369 e. The van der Waals surface area contributed by atoms with Crippen LogP contribution < -0.4 is 16.6 Å². The Kier molecular flexibility index (Phi) is 5.53. The number of nitrogens with zero attached hydrogens (tertiary/aromatic N) is 6. The van der Waals surface area contributed by atoms with Crippen molar-refractivity contribution in [3.63, 3.8) is 0 Å². The highest BCUT2D eigenvalue weighted by molar-refractivity contribution is 7.12. The Balaban J connectivity index is 1.42. The van der Waals surface area contributed by atoms with E-state index in [4.69, 9.17) is 0 Å². The summed E-state index contributed by atoms with van der Waals surface area (Å²) in [6.07, 6.45) is 0.644. The van der Waals surface area contributed by atoms with E-state index in [0.29, 0.717) is 16.8 Å². The van der Waals surface area contributed by atoms with Gasteiger partial charge in [-0.25, -0.2) is 9.48 Å². The summed E-state index contributed by atoms with van der Waals surface area (Å²) in [6.45, 7) is 2.08. The van der Waals surface area contributed by atoms with Crippen LogP contribution in [0.2, 0.25) is 0 Å². The molecule has 1 N–H and O–H groups in total. The number of fused-ring (bicyclic) bond motifs is 1. The summed E-state index contributed by atoms with van der Waals surface area (Å²) in [4.78, 5) is 37.3. The Morgan fingerprint density at radius 1 is 1.07 bits per heavy atom. The van der Waals surface area contributed by atoms with Crippen molar-refractivity contribution in [3.05, 3.63) is 68.3 Å². The van der Waals surface area contributed by atoms with Gasteiger partial charge in [-0.1, -0.05) is 25.1 Å². The van der Waals surface area contributed by atoms with Crippen molar-refractivity contribution in [1.82, 2.24) is 34.9 Å². The average molecular weight is 425 g/mol. The summed E-state index contributed by atoms with van der Waals surface area (Å²) in [5, 5.41) is 18.5. The summed E-state index contributed by atoms with van der Waals surface area (Å²) in [5.41, 5.74) is 0.0644. The van der Waals surface area contributed by atoms with Crippen molar-refractivity contribution in [2.75, 3.05) is 6.54 Å². The molecule has 0 saturated carbocycles. The van der Waals surface area contributed by atoms with Crippen molar-refractivity contribution in [1.29, 1.82) is 0 Å². The lowest BCUT2D eigenvalue weighted by Gasteiger charge is -2.10. The first-order valence-electron chi connectivity index (χ1n) is 9.40. The van der Waals surface area contributed by atoms with Gasteiger partial charge in [0.05, 0.1) is 17.6 Å². The minimum Gasteiger partial charge on any atom is -0.353 e. The first-order chi connectivity index (χ1) is 14.6. The van der Waals surface area contributed by atoms with Crippen LogP contribution in [0.25, 0.3) is 15.8 Å². The number of benzene rings is 1. The van der Waals surface area contributed by atoms with Crippen molar-refractivity contribution in [2.24, 2.45) is 0 Å². The number of carbonyl (C=O) groups is 1. The molecule has 0 unspecified atom stereocenters. The van der Waals surface area contributed by atoms with E-state index < -0.39 is 0 Å². The van der Waals surface area contributed by atoms with Crippen molar-refractivity contribution in [2.45, 2.75) is 26.4 Å². The van der Waals surface area contributed by atoms with Gasteiger partial charge in [0.2, 0.25) is 5.91 Å². The lowest BCUT2D eigenvalue weighted by Crippen LogP contribution is -2.37. The first-order valence-corrected chi connectivity index (χ1v) is 10.3. The van der Waals surface area contributed by atoms with Crippen LogP contribution >= 0.6 is 11.3 Å². The average Bonchev–Trinajstić information content (AvgIpc) is 3.40. The number of amides is 1. The second kappa shape index (κ2) is 8.41. The van der Waals surface area contributed by atoms with Crippen LogP contribution in [0.1, 0.15) is 12.6 Å². The molecule has 4 aromatic rings. The molecule has 11 heteroatoms. The van der Waals surface area contributed by atoms with Gasteiger partial charge in [-0.2, -0.15) is 14.5 Å². The third kappa shape index (κ3) is 3.79. The Morgan fingerprint density at radius 3 is 2.60 bits per heavy atom. The third-order valence-electron chi connectivity index (χ3n) is 4.57. The fourth-order valence-electron chi connectivity index (χ4n) is 3.11. The number of nitrogens with one attached hydrogen (secondary N) is 1. The van der Waals surface area contributed by atoms with Gasteiger partial charge in [-0.05, 0) is 40.4 Å². The van der Waals surface area contributed by atoms with Crippen LogP contribution in [0.15, 0.2) is 51.4 Å². The van der Waals surface area contributed by atoms with Gasteiger partial charge in [0, 0.05) is 11.9 Å². The molecule has 0 aliphatic heterocycles. The highest BCUT2D eigenvalue weighted by Crippen LogP contribution is 2.13. The van der Waals surface area contributed by atoms with E-state index in [0.717, 1.165) is 11.1 Å². The monoisotopic (exact) mass is 425 g/mol. The van der Waals surface area contributed by atoms with Crippen LogP contribution in [0.3, 0.4) is 0 Å². The maximum absolute atomic E-state index is 12.6. The fourth-order valence-corrected chi connectivity index (χ4v) is 3.78. The topological polar surface area (TPSA) is 117 Å². The van der Waals surface area contributed by atoms with E-state index in [1.54, 1.807) is 18.2 Å². The number of thiophene rings is 1. The molecular weight excluding hydrogens is 406 g/mol. The summed E-state index contributed by atoms with van der Waals surface area (Å²) in [5.74, 6) is -0.374. The van der Waals surface area contributed by atoms with Crippen molar-refractivity contribution in [3.8, 4) is 5.00 Å². The van der Waals surface area contributed by atoms with Gasteiger partial charge < -0.3 is 5.32 Å². The molecule has 0 saturated heterocycles. The molecule has 0 aliphatic carbocycles. The maximum atomic E-state index is 12.6. The number of aryl methyl sites for hydroxylation is 1. The molecule has 0 bridgehead atoms. The van der Waals surface area contributed by atoms with Crippen LogP contribution in [-0.4, -0.2) is 42.0 Å². The van der Waals surface area contributed by atoms with Gasteiger partial charge in [0.25, 0.3) is 5.56 Å². The fraction of sp³-hybridized carbons (Fsp3) is 0.263. The van der Waals surface area contributed by atoms with E-state index in [1.807, 2.05) is 30.5 Å². The van der Waals surface area contributed by atoms with E-state index in [2.05, 4.69) is 20.8 Å². The quantitative estimate of drug-likeness (QED) is 0.463. The molecule has 3 aromatic heterocycles. The standard InChI is InChI=1S/C19H19N7O3S/c1-2-15-13-6-3-4-7-14(13)18(28)25(21-15)12-16(27)20-9-10-24-19(29)26(23-22-24)17-8-5-11-30-17/h3-8,11H,2,9-10,12H2,1H3,(H,20,27). The summed E-state index contributed by atoms with van der Waals surface area (Å²) >= 11 is 1.38. The number of carbonyl (C=O) groups excluding carboxylic acids is 1. The molecule has 10 nitrogen and oxygen atoms in total. The Morgan fingerprint density at radius 2 is 1.87 bits per heavy atom. The number of tetrazole rings is 1. The van der Waals surface area contributed by atoms with E-state index in [1.165, 1.54) is 25.4 Å². The van der Waals surface area contributed by atoms with E-state index in [9.17, 15) is 14.4 Å². The Hall–Kier alpha value is -3.60. The molecule has 0 atom stereocenters. The molecule has 0 aliphatic rings.